The van der Waals surface area contributed by atoms with E-state index in [9.17, 15) is 9.90 Å². The van der Waals surface area contributed by atoms with Crippen molar-refractivity contribution in [3.8, 4) is 5.75 Å². The van der Waals surface area contributed by atoms with Gasteiger partial charge in [0.1, 0.15) is 18.5 Å². The van der Waals surface area contributed by atoms with Crippen molar-refractivity contribution in [3.63, 3.8) is 0 Å². The number of imidazole rings is 1. The summed E-state index contributed by atoms with van der Waals surface area (Å²) in [4.78, 5) is 12.1. The number of rotatable bonds is 8. The number of ether oxygens (including phenoxy) is 2. The molecular weight excluding hydrogens is 382 g/mol. The summed E-state index contributed by atoms with van der Waals surface area (Å²) in [5.74, 6) is 0.713. The van der Waals surface area contributed by atoms with Gasteiger partial charge in [0.15, 0.2) is 0 Å². The molecule has 2 heterocycles. The molecular formula is C23H29N3O4. The molecule has 30 heavy (non-hydrogen) atoms. The van der Waals surface area contributed by atoms with Gasteiger partial charge in [-0.25, -0.2) is 4.79 Å². The number of hydrogen-bond donors (Lipinski definition) is 2. The van der Waals surface area contributed by atoms with Crippen molar-refractivity contribution < 1.29 is 14.6 Å². The second-order valence-electron chi connectivity index (χ2n) is 7.89. The fraction of sp³-hybridized carbons (Fsp3) is 0.435. The normalized spacial score (nSPS) is 17.5. The van der Waals surface area contributed by atoms with Crippen molar-refractivity contribution >= 4 is 11.0 Å². The lowest BCUT2D eigenvalue weighted by Gasteiger charge is -2.14. The predicted octanol–water partition coefficient (Wildman–Crippen LogP) is 2.26. The zero-order valence-corrected chi connectivity index (χ0v) is 17.5. The Labute approximate surface area is 175 Å². The standard InChI is InChI=1S/C23H29N3O4/c1-25-20-10-7-17(12-21(20)26(2)23(25)28)22(27)15-30-18-8-5-16(6-9-18)13-24-14-19-4-3-11-29-19/h5-10,12,19,22,24,27H,3-4,11,13-15H2,1-2H3/t19-,22+/m0/s1. The molecule has 0 unspecified atom stereocenters. The van der Waals surface area contributed by atoms with Crippen molar-refractivity contribution in [1.29, 1.82) is 0 Å². The monoisotopic (exact) mass is 411 g/mol. The zero-order valence-electron chi connectivity index (χ0n) is 17.5. The van der Waals surface area contributed by atoms with Crippen LogP contribution in [0.1, 0.15) is 30.1 Å². The smallest absolute Gasteiger partial charge is 0.328 e. The highest BCUT2D eigenvalue weighted by atomic mass is 16.5. The van der Waals surface area contributed by atoms with Gasteiger partial charge in [0.2, 0.25) is 0 Å². The van der Waals surface area contributed by atoms with Crippen LogP contribution in [0.15, 0.2) is 47.3 Å². The van der Waals surface area contributed by atoms with Crippen molar-refractivity contribution in [3.05, 3.63) is 64.1 Å². The van der Waals surface area contributed by atoms with Gasteiger partial charge < -0.3 is 19.9 Å². The topological polar surface area (TPSA) is 77.7 Å². The van der Waals surface area contributed by atoms with Crippen LogP contribution in [0, 0.1) is 0 Å². The SMILES string of the molecule is Cn1c(=O)n(C)c2cc([C@H](O)COc3ccc(CNC[C@@H]4CCCO4)cc3)ccc21. The average Bonchev–Trinajstić information content (AvgIpc) is 3.36. The first-order valence-electron chi connectivity index (χ1n) is 10.4. The van der Waals surface area contributed by atoms with E-state index in [-0.39, 0.29) is 12.3 Å². The van der Waals surface area contributed by atoms with Gasteiger partial charge in [0.05, 0.1) is 17.1 Å². The van der Waals surface area contributed by atoms with Crippen molar-refractivity contribution in [2.45, 2.75) is 31.6 Å². The van der Waals surface area contributed by atoms with Crippen LogP contribution in [0.25, 0.3) is 11.0 Å². The summed E-state index contributed by atoms with van der Waals surface area (Å²) in [6.07, 6.45) is 1.85. The summed E-state index contributed by atoms with van der Waals surface area (Å²) in [5.41, 5.74) is 3.44. The number of aliphatic hydroxyl groups is 1. The molecule has 1 fully saturated rings. The minimum atomic E-state index is -0.780. The highest BCUT2D eigenvalue weighted by Gasteiger charge is 2.15. The Morgan fingerprint density at radius 2 is 1.93 bits per heavy atom. The number of nitrogens with one attached hydrogen (secondary N) is 1. The Bertz CT molecular complexity index is 1050. The summed E-state index contributed by atoms with van der Waals surface area (Å²) in [7, 11) is 3.47. The van der Waals surface area contributed by atoms with Crippen LogP contribution in [-0.2, 0) is 25.4 Å². The Balaban J connectivity index is 1.31. The molecule has 2 N–H and O–H groups in total. The van der Waals surface area contributed by atoms with E-state index in [2.05, 4.69) is 5.32 Å². The van der Waals surface area contributed by atoms with Gasteiger partial charge in [-0.1, -0.05) is 18.2 Å². The van der Waals surface area contributed by atoms with E-state index in [0.717, 1.165) is 49.1 Å². The van der Waals surface area contributed by atoms with E-state index in [4.69, 9.17) is 9.47 Å². The first kappa shape index (κ1) is 20.7. The Kier molecular flexibility index (Phi) is 6.22. The number of aliphatic hydroxyl groups excluding tert-OH is 1. The fourth-order valence-corrected chi connectivity index (χ4v) is 3.89. The zero-order chi connectivity index (χ0) is 21.1. The third-order valence-electron chi connectivity index (χ3n) is 5.74. The molecule has 0 aliphatic carbocycles. The summed E-state index contributed by atoms with van der Waals surface area (Å²) in [5, 5.41) is 14.0. The summed E-state index contributed by atoms with van der Waals surface area (Å²) in [6, 6.07) is 13.4. The van der Waals surface area contributed by atoms with Crippen molar-refractivity contribution in [2.75, 3.05) is 19.8 Å². The number of aryl methyl sites for hydroxylation is 2. The van der Waals surface area contributed by atoms with Crippen LogP contribution >= 0.6 is 0 Å². The van der Waals surface area contributed by atoms with Crippen LogP contribution in [0.3, 0.4) is 0 Å². The molecule has 0 radical (unpaired) electrons. The number of aromatic nitrogens is 2. The van der Waals surface area contributed by atoms with Gasteiger partial charge >= 0.3 is 5.69 Å². The van der Waals surface area contributed by atoms with Crippen LogP contribution in [0.2, 0.25) is 0 Å². The quantitative estimate of drug-likeness (QED) is 0.595. The lowest BCUT2D eigenvalue weighted by molar-refractivity contribution is 0.108. The molecule has 160 valence electrons. The third kappa shape index (κ3) is 4.43. The Morgan fingerprint density at radius 3 is 2.67 bits per heavy atom. The van der Waals surface area contributed by atoms with Gasteiger partial charge in [-0.2, -0.15) is 0 Å². The molecule has 3 aromatic rings. The summed E-state index contributed by atoms with van der Waals surface area (Å²) in [6.45, 7) is 2.69. The van der Waals surface area contributed by atoms with Gasteiger partial charge in [-0.3, -0.25) is 9.13 Å². The number of benzene rings is 2. The molecule has 1 aliphatic heterocycles. The predicted molar refractivity (Wildman–Crippen MR) is 116 cm³/mol. The molecule has 0 bridgehead atoms. The number of hydrogen-bond acceptors (Lipinski definition) is 5. The maximum absolute atomic E-state index is 12.1. The van der Waals surface area contributed by atoms with E-state index >= 15 is 0 Å². The lowest BCUT2D eigenvalue weighted by atomic mass is 10.1. The fourth-order valence-electron chi connectivity index (χ4n) is 3.89. The van der Waals surface area contributed by atoms with Crippen LogP contribution < -0.4 is 15.7 Å². The van der Waals surface area contributed by atoms with Gasteiger partial charge in [0, 0.05) is 33.8 Å². The van der Waals surface area contributed by atoms with Crippen molar-refractivity contribution in [1.82, 2.24) is 14.5 Å². The summed E-state index contributed by atoms with van der Waals surface area (Å²) >= 11 is 0. The van der Waals surface area contributed by atoms with Gasteiger partial charge in [-0.15, -0.1) is 0 Å². The van der Waals surface area contributed by atoms with E-state index in [0.29, 0.717) is 11.9 Å². The molecule has 0 spiro atoms. The third-order valence-corrected chi connectivity index (χ3v) is 5.74. The van der Waals surface area contributed by atoms with Crippen LogP contribution in [0.5, 0.6) is 5.75 Å². The van der Waals surface area contributed by atoms with E-state index in [1.165, 1.54) is 5.56 Å². The first-order chi connectivity index (χ1) is 14.5. The molecule has 2 atom stereocenters. The molecule has 7 heteroatoms. The minimum Gasteiger partial charge on any atom is -0.491 e. The van der Waals surface area contributed by atoms with E-state index in [1.807, 2.05) is 42.5 Å². The van der Waals surface area contributed by atoms with Gasteiger partial charge in [0.25, 0.3) is 0 Å². The molecule has 4 rings (SSSR count). The molecule has 0 amide bonds. The first-order valence-corrected chi connectivity index (χ1v) is 10.4. The Hall–Kier alpha value is -2.61. The number of nitrogens with zero attached hydrogens (tertiary/aromatic N) is 2. The second-order valence-corrected chi connectivity index (χ2v) is 7.89. The van der Waals surface area contributed by atoms with Crippen LogP contribution in [0.4, 0.5) is 0 Å². The maximum Gasteiger partial charge on any atom is 0.328 e. The Morgan fingerprint density at radius 1 is 1.17 bits per heavy atom. The largest absolute Gasteiger partial charge is 0.491 e. The maximum atomic E-state index is 12.1. The molecule has 1 aromatic heterocycles. The van der Waals surface area contributed by atoms with Crippen molar-refractivity contribution in [2.24, 2.45) is 14.1 Å². The highest BCUT2D eigenvalue weighted by Crippen LogP contribution is 2.21. The average molecular weight is 412 g/mol. The van der Waals surface area contributed by atoms with E-state index < -0.39 is 6.10 Å². The second kappa shape index (κ2) is 9.04. The molecule has 1 aliphatic rings. The highest BCUT2D eigenvalue weighted by molar-refractivity contribution is 5.76. The van der Waals surface area contributed by atoms with E-state index in [1.54, 1.807) is 23.2 Å². The number of fused-ring (bicyclic) bond motifs is 1. The van der Waals surface area contributed by atoms with Crippen LogP contribution in [-0.4, -0.2) is 40.1 Å². The van der Waals surface area contributed by atoms with Gasteiger partial charge in [-0.05, 0) is 48.2 Å². The molecule has 2 aromatic carbocycles. The lowest BCUT2D eigenvalue weighted by Crippen LogP contribution is -2.25. The molecule has 7 nitrogen and oxygen atoms in total. The molecule has 1 saturated heterocycles. The minimum absolute atomic E-state index is 0.0850. The summed E-state index contributed by atoms with van der Waals surface area (Å²) < 4.78 is 14.6. The molecule has 0 saturated carbocycles.